The number of esters is 1. The van der Waals surface area contributed by atoms with E-state index in [-0.39, 0.29) is 17.8 Å². The van der Waals surface area contributed by atoms with E-state index in [0.29, 0.717) is 5.69 Å². The lowest BCUT2D eigenvalue weighted by atomic mass is 10.4. The van der Waals surface area contributed by atoms with Crippen molar-refractivity contribution < 1.29 is 9.53 Å². The van der Waals surface area contributed by atoms with Crippen molar-refractivity contribution in [1.82, 2.24) is 4.98 Å². The first-order valence-electron chi connectivity index (χ1n) is 4.61. The fourth-order valence-corrected chi connectivity index (χ4v) is 1.68. The first-order chi connectivity index (χ1) is 7.09. The number of thioether (sulfide) groups is 1. The molecule has 0 spiro atoms. The molecule has 1 heterocycles. The fourth-order valence-electron chi connectivity index (χ4n) is 0.959. The Morgan fingerprint density at radius 1 is 1.67 bits per heavy atom. The van der Waals surface area contributed by atoms with Crippen LogP contribution in [0.2, 0.25) is 0 Å². The highest BCUT2D eigenvalue weighted by Crippen LogP contribution is 2.23. The Balaban J connectivity index is 2.44. The monoisotopic (exact) mass is 226 g/mol. The summed E-state index contributed by atoms with van der Waals surface area (Å²) in [5, 5.41) is 0. The summed E-state index contributed by atoms with van der Waals surface area (Å²) in [4.78, 5) is 16.0. The van der Waals surface area contributed by atoms with Gasteiger partial charge in [-0.25, -0.2) is 0 Å². The van der Waals surface area contributed by atoms with Gasteiger partial charge in [0.1, 0.15) is 0 Å². The SMILES string of the molecule is CC(C)OC(=O)CSc1ccncc1N. The van der Waals surface area contributed by atoms with Gasteiger partial charge in [0.15, 0.2) is 0 Å². The minimum atomic E-state index is -0.230. The van der Waals surface area contributed by atoms with Crippen LogP contribution in [0.3, 0.4) is 0 Å². The maximum Gasteiger partial charge on any atom is 0.316 e. The molecule has 15 heavy (non-hydrogen) atoms. The number of anilines is 1. The van der Waals surface area contributed by atoms with Gasteiger partial charge in [0.25, 0.3) is 0 Å². The van der Waals surface area contributed by atoms with Gasteiger partial charge in [0, 0.05) is 11.1 Å². The third-order valence-corrected chi connectivity index (χ3v) is 2.59. The minimum Gasteiger partial charge on any atom is -0.462 e. The van der Waals surface area contributed by atoms with Crippen molar-refractivity contribution in [2.24, 2.45) is 0 Å². The van der Waals surface area contributed by atoms with Gasteiger partial charge in [-0.2, -0.15) is 0 Å². The van der Waals surface area contributed by atoms with Gasteiger partial charge in [-0.1, -0.05) is 0 Å². The number of hydrogen-bond acceptors (Lipinski definition) is 5. The molecular weight excluding hydrogens is 212 g/mol. The molecule has 0 saturated carbocycles. The highest BCUT2D eigenvalue weighted by Gasteiger charge is 2.07. The van der Waals surface area contributed by atoms with Crippen LogP contribution in [0.5, 0.6) is 0 Å². The van der Waals surface area contributed by atoms with Crippen molar-refractivity contribution in [3.63, 3.8) is 0 Å². The van der Waals surface area contributed by atoms with Crippen molar-refractivity contribution in [1.29, 1.82) is 0 Å². The van der Waals surface area contributed by atoms with Gasteiger partial charge in [-0.3, -0.25) is 9.78 Å². The van der Waals surface area contributed by atoms with E-state index in [1.165, 1.54) is 11.8 Å². The van der Waals surface area contributed by atoms with Gasteiger partial charge in [-0.15, -0.1) is 11.8 Å². The summed E-state index contributed by atoms with van der Waals surface area (Å²) < 4.78 is 5.00. The lowest BCUT2D eigenvalue weighted by Gasteiger charge is -2.08. The zero-order valence-electron chi connectivity index (χ0n) is 8.77. The Labute approximate surface area is 93.2 Å². The van der Waals surface area contributed by atoms with Crippen LogP contribution < -0.4 is 5.73 Å². The van der Waals surface area contributed by atoms with Crippen molar-refractivity contribution in [3.05, 3.63) is 18.5 Å². The molecule has 0 aliphatic rings. The summed E-state index contributed by atoms with van der Waals surface area (Å²) in [6, 6.07) is 1.78. The predicted molar refractivity (Wildman–Crippen MR) is 60.6 cm³/mol. The Morgan fingerprint density at radius 2 is 2.40 bits per heavy atom. The number of rotatable bonds is 4. The number of nitrogen functional groups attached to an aromatic ring is 1. The highest BCUT2D eigenvalue weighted by atomic mass is 32.2. The molecule has 0 radical (unpaired) electrons. The van der Waals surface area contributed by atoms with Crippen LogP contribution in [0.15, 0.2) is 23.4 Å². The average molecular weight is 226 g/mol. The Hall–Kier alpha value is -1.23. The molecule has 0 aromatic carbocycles. The summed E-state index contributed by atoms with van der Waals surface area (Å²) in [5.41, 5.74) is 6.26. The number of nitrogens with two attached hydrogens (primary N) is 1. The van der Waals surface area contributed by atoms with E-state index < -0.39 is 0 Å². The average Bonchev–Trinajstić information content (AvgIpc) is 2.15. The van der Waals surface area contributed by atoms with Crippen LogP contribution >= 0.6 is 11.8 Å². The van der Waals surface area contributed by atoms with Gasteiger partial charge in [0.2, 0.25) is 0 Å². The number of aromatic nitrogens is 1. The van der Waals surface area contributed by atoms with E-state index in [1.807, 2.05) is 13.8 Å². The number of carbonyl (C=O) groups is 1. The topological polar surface area (TPSA) is 65.2 Å². The molecule has 0 fully saturated rings. The van der Waals surface area contributed by atoms with Gasteiger partial charge >= 0.3 is 5.97 Å². The number of ether oxygens (including phenoxy) is 1. The van der Waals surface area contributed by atoms with Crippen molar-refractivity contribution in [2.45, 2.75) is 24.8 Å². The molecule has 0 unspecified atom stereocenters. The molecule has 0 atom stereocenters. The third-order valence-electron chi connectivity index (χ3n) is 1.52. The van der Waals surface area contributed by atoms with Crippen molar-refractivity contribution in [3.8, 4) is 0 Å². The van der Waals surface area contributed by atoms with Crippen LogP contribution in [0.4, 0.5) is 5.69 Å². The van der Waals surface area contributed by atoms with E-state index in [0.717, 1.165) is 4.90 Å². The summed E-state index contributed by atoms with van der Waals surface area (Å²) in [5.74, 6) is 0.0399. The highest BCUT2D eigenvalue weighted by molar-refractivity contribution is 8.00. The summed E-state index contributed by atoms with van der Waals surface area (Å²) in [6.45, 7) is 3.65. The molecule has 2 N–H and O–H groups in total. The first kappa shape index (κ1) is 11.8. The Morgan fingerprint density at radius 3 is 3.00 bits per heavy atom. The standard InChI is InChI=1S/C10H14N2O2S/c1-7(2)14-10(13)6-15-9-3-4-12-5-8(9)11/h3-5,7H,6,11H2,1-2H3. The second-order valence-corrected chi connectivity index (χ2v) is 4.26. The van der Waals surface area contributed by atoms with Crippen molar-refractivity contribution in [2.75, 3.05) is 11.5 Å². The number of pyridine rings is 1. The molecule has 0 amide bonds. The second-order valence-electron chi connectivity index (χ2n) is 3.24. The van der Waals surface area contributed by atoms with Gasteiger partial charge < -0.3 is 10.5 Å². The third kappa shape index (κ3) is 4.20. The predicted octanol–water partition coefficient (Wildman–Crippen LogP) is 1.71. The fraction of sp³-hybridized carbons (Fsp3) is 0.400. The molecule has 5 heteroatoms. The minimum absolute atomic E-state index is 0.0760. The zero-order chi connectivity index (χ0) is 11.3. The maximum absolute atomic E-state index is 11.2. The molecule has 82 valence electrons. The maximum atomic E-state index is 11.2. The molecular formula is C10H14N2O2S. The van der Waals surface area contributed by atoms with E-state index >= 15 is 0 Å². The van der Waals surface area contributed by atoms with E-state index in [9.17, 15) is 4.79 Å². The van der Waals surface area contributed by atoms with Crippen LogP contribution in [0, 0.1) is 0 Å². The Kier molecular flexibility index (Phi) is 4.42. The van der Waals surface area contributed by atoms with Crippen molar-refractivity contribution >= 4 is 23.4 Å². The van der Waals surface area contributed by atoms with Crippen LogP contribution in [0.25, 0.3) is 0 Å². The van der Waals surface area contributed by atoms with E-state index in [4.69, 9.17) is 10.5 Å². The smallest absolute Gasteiger partial charge is 0.316 e. The van der Waals surface area contributed by atoms with E-state index in [1.54, 1.807) is 18.5 Å². The number of carbonyl (C=O) groups excluding carboxylic acids is 1. The summed E-state index contributed by atoms with van der Waals surface area (Å²) in [7, 11) is 0. The second kappa shape index (κ2) is 5.60. The molecule has 0 aliphatic carbocycles. The zero-order valence-corrected chi connectivity index (χ0v) is 9.58. The largest absolute Gasteiger partial charge is 0.462 e. The van der Waals surface area contributed by atoms with Crippen LogP contribution in [0.1, 0.15) is 13.8 Å². The van der Waals surface area contributed by atoms with Crippen LogP contribution in [-0.2, 0) is 9.53 Å². The molecule has 1 aromatic heterocycles. The van der Waals surface area contributed by atoms with Gasteiger partial charge in [0.05, 0.1) is 23.7 Å². The van der Waals surface area contributed by atoms with Gasteiger partial charge in [-0.05, 0) is 19.9 Å². The Bertz CT molecular complexity index is 342. The molecule has 1 aromatic rings. The van der Waals surface area contributed by atoms with E-state index in [2.05, 4.69) is 4.98 Å². The summed E-state index contributed by atoms with van der Waals surface area (Å²) >= 11 is 1.36. The summed E-state index contributed by atoms with van der Waals surface area (Å²) in [6.07, 6.45) is 3.13. The molecule has 4 nitrogen and oxygen atoms in total. The van der Waals surface area contributed by atoms with Crippen LogP contribution in [-0.4, -0.2) is 22.8 Å². The molecule has 0 bridgehead atoms. The normalized spacial score (nSPS) is 10.3. The molecule has 0 saturated heterocycles. The number of nitrogens with zero attached hydrogens (tertiary/aromatic N) is 1. The molecule has 1 rings (SSSR count). The lowest BCUT2D eigenvalue weighted by Crippen LogP contribution is -2.13. The number of hydrogen-bond donors (Lipinski definition) is 1. The molecule has 0 aliphatic heterocycles. The first-order valence-corrected chi connectivity index (χ1v) is 5.60. The lowest BCUT2D eigenvalue weighted by molar-refractivity contribution is -0.144. The quantitative estimate of drug-likeness (QED) is 0.625.